The van der Waals surface area contributed by atoms with Crippen LogP contribution in [0.3, 0.4) is 0 Å². The third-order valence-corrected chi connectivity index (χ3v) is 4.52. The molecule has 0 radical (unpaired) electrons. The molecule has 0 unspecified atom stereocenters. The van der Waals surface area contributed by atoms with Crippen LogP contribution in [0.15, 0.2) is 17.0 Å². The second kappa shape index (κ2) is 5.81. The Kier molecular flexibility index (Phi) is 4.03. The number of imidazole rings is 1. The number of hydrogen-bond acceptors (Lipinski definition) is 5. The SMILES string of the molecule is COC(=O)[C@H]1CCCN(c2nc(Br)c3c(Cl)nccn23)C1. The zero-order valence-corrected chi connectivity index (χ0v) is 13.8. The molecule has 21 heavy (non-hydrogen) atoms. The van der Waals surface area contributed by atoms with Gasteiger partial charge in [0.15, 0.2) is 5.15 Å². The van der Waals surface area contributed by atoms with Gasteiger partial charge < -0.3 is 9.64 Å². The van der Waals surface area contributed by atoms with Crippen molar-refractivity contribution < 1.29 is 9.53 Å². The van der Waals surface area contributed by atoms with Gasteiger partial charge in [-0.1, -0.05) is 11.6 Å². The number of rotatable bonds is 2. The minimum Gasteiger partial charge on any atom is -0.469 e. The second-order valence-corrected chi connectivity index (χ2v) is 6.06. The maximum absolute atomic E-state index is 11.8. The van der Waals surface area contributed by atoms with E-state index in [2.05, 4.69) is 30.8 Å². The minimum absolute atomic E-state index is 0.118. The molecule has 2 aromatic rings. The van der Waals surface area contributed by atoms with Crippen molar-refractivity contribution >= 4 is 45.0 Å². The summed E-state index contributed by atoms with van der Waals surface area (Å²) >= 11 is 9.54. The normalized spacial score (nSPS) is 19.0. The summed E-state index contributed by atoms with van der Waals surface area (Å²) in [5.41, 5.74) is 0.731. The number of hydrogen-bond donors (Lipinski definition) is 0. The molecule has 1 saturated heterocycles. The molecular weight excluding hydrogens is 360 g/mol. The molecule has 1 aliphatic heterocycles. The van der Waals surface area contributed by atoms with Gasteiger partial charge in [-0.2, -0.15) is 0 Å². The van der Waals surface area contributed by atoms with Crippen molar-refractivity contribution in [2.24, 2.45) is 5.92 Å². The van der Waals surface area contributed by atoms with Crippen LogP contribution in [0.5, 0.6) is 0 Å². The van der Waals surface area contributed by atoms with Crippen molar-refractivity contribution in [2.75, 3.05) is 25.1 Å². The summed E-state index contributed by atoms with van der Waals surface area (Å²) in [6, 6.07) is 0. The first-order chi connectivity index (χ1) is 10.1. The van der Waals surface area contributed by atoms with Crippen LogP contribution in [0, 0.1) is 5.92 Å². The number of carbonyl (C=O) groups excluding carboxylic acids is 1. The van der Waals surface area contributed by atoms with E-state index < -0.39 is 0 Å². The molecule has 0 spiro atoms. The van der Waals surface area contributed by atoms with Crippen molar-refractivity contribution in [3.05, 3.63) is 22.1 Å². The molecule has 0 N–H and O–H groups in total. The number of halogens is 2. The molecule has 0 saturated carbocycles. The van der Waals surface area contributed by atoms with Gasteiger partial charge in [0.05, 0.1) is 13.0 Å². The molecule has 3 heterocycles. The van der Waals surface area contributed by atoms with Gasteiger partial charge in [0.1, 0.15) is 10.1 Å². The van der Waals surface area contributed by atoms with E-state index in [9.17, 15) is 4.79 Å². The molecular formula is C13H14BrClN4O2. The Bertz CT molecular complexity index is 690. The van der Waals surface area contributed by atoms with E-state index in [1.165, 1.54) is 7.11 Å². The topological polar surface area (TPSA) is 59.7 Å². The number of carbonyl (C=O) groups is 1. The highest BCUT2D eigenvalue weighted by Gasteiger charge is 2.29. The average Bonchev–Trinajstić information content (AvgIpc) is 2.85. The third-order valence-electron chi connectivity index (χ3n) is 3.69. The highest BCUT2D eigenvalue weighted by atomic mass is 79.9. The van der Waals surface area contributed by atoms with Crippen molar-refractivity contribution in [2.45, 2.75) is 12.8 Å². The van der Waals surface area contributed by atoms with E-state index >= 15 is 0 Å². The lowest BCUT2D eigenvalue weighted by Gasteiger charge is -2.31. The summed E-state index contributed by atoms with van der Waals surface area (Å²) in [6.45, 7) is 1.44. The van der Waals surface area contributed by atoms with Crippen molar-refractivity contribution in [3.8, 4) is 0 Å². The molecule has 2 aromatic heterocycles. The fourth-order valence-corrected chi connectivity index (χ4v) is 3.58. The Balaban J connectivity index is 1.97. The van der Waals surface area contributed by atoms with E-state index in [0.29, 0.717) is 16.3 Å². The summed E-state index contributed by atoms with van der Waals surface area (Å²) < 4.78 is 7.39. The first-order valence-corrected chi connectivity index (χ1v) is 7.79. The number of nitrogens with zero attached hydrogens (tertiary/aromatic N) is 4. The first kappa shape index (κ1) is 14.6. The summed E-state index contributed by atoms with van der Waals surface area (Å²) in [6.07, 6.45) is 5.21. The van der Waals surface area contributed by atoms with Crippen LogP contribution in [0.2, 0.25) is 5.15 Å². The van der Waals surface area contributed by atoms with Crippen LogP contribution < -0.4 is 4.90 Å². The quantitative estimate of drug-likeness (QED) is 0.757. The van der Waals surface area contributed by atoms with Gasteiger partial charge in [-0.3, -0.25) is 9.20 Å². The van der Waals surface area contributed by atoms with Crippen LogP contribution in [0.25, 0.3) is 5.52 Å². The van der Waals surface area contributed by atoms with E-state index in [1.54, 1.807) is 6.20 Å². The van der Waals surface area contributed by atoms with Gasteiger partial charge in [-0.25, -0.2) is 9.97 Å². The molecule has 0 aromatic carbocycles. The fraction of sp³-hybridized carbons (Fsp3) is 0.462. The van der Waals surface area contributed by atoms with E-state index in [4.69, 9.17) is 16.3 Å². The Morgan fingerprint density at radius 3 is 3.14 bits per heavy atom. The monoisotopic (exact) mass is 372 g/mol. The number of esters is 1. The molecule has 0 amide bonds. The number of methoxy groups -OCH3 is 1. The molecule has 6 nitrogen and oxygen atoms in total. The zero-order valence-electron chi connectivity index (χ0n) is 11.4. The lowest BCUT2D eigenvalue weighted by molar-refractivity contribution is -0.145. The zero-order chi connectivity index (χ0) is 15.0. The van der Waals surface area contributed by atoms with Crippen LogP contribution in [-0.4, -0.2) is 40.5 Å². The maximum Gasteiger partial charge on any atom is 0.310 e. The predicted molar refractivity (Wildman–Crippen MR) is 82.7 cm³/mol. The van der Waals surface area contributed by atoms with E-state index in [-0.39, 0.29) is 11.9 Å². The minimum atomic E-state index is -0.167. The Labute approximate surface area is 135 Å². The van der Waals surface area contributed by atoms with E-state index in [1.807, 2.05) is 10.6 Å². The molecule has 3 rings (SSSR count). The largest absolute Gasteiger partial charge is 0.469 e. The number of fused-ring (bicyclic) bond motifs is 1. The summed E-state index contributed by atoms with van der Waals surface area (Å²) in [7, 11) is 1.42. The van der Waals surface area contributed by atoms with Crippen LogP contribution >= 0.6 is 27.5 Å². The molecule has 112 valence electrons. The summed E-state index contributed by atoms with van der Waals surface area (Å²) in [5, 5.41) is 0.393. The number of piperidine rings is 1. The highest BCUT2D eigenvalue weighted by molar-refractivity contribution is 9.10. The van der Waals surface area contributed by atoms with Crippen LogP contribution in [-0.2, 0) is 9.53 Å². The van der Waals surface area contributed by atoms with Gasteiger partial charge >= 0.3 is 5.97 Å². The molecule has 1 atom stereocenters. The Morgan fingerprint density at radius 1 is 1.57 bits per heavy atom. The van der Waals surface area contributed by atoms with Crippen molar-refractivity contribution in [1.82, 2.24) is 14.4 Å². The highest BCUT2D eigenvalue weighted by Crippen LogP contribution is 2.30. The standard InChI is InChI=1S/C13H14BrClN4O2/c1-21-12(20)8-3-2-5-18(7-8)13-17-10(14)9-11(15)16-4-6-19(9)13/h4,6,8H,2-3,5,7H2,1H3/t8-/m0/s1. The molecule has 0 bridgehead atoms. The van der Waals surface area contributed by atoms with Gasteiger partial charge in [0.25, 0.3) is 0 Å². The van der Waals surface area contributed by atoms with Gasteiger partial charge in [0, 0.05) is 25.5 Å². The molecule has 0 aliphatic carbocycles. The van der Waals surface area contributed by atoms with Crippen LogP contribution in [0.4, 0.5) is 5.95 Å². The maximum atomic E-state index is 11.8. The van der Waals surface area contributed by atoms with E-state index in [0.717, 1.165) is 30.9 Å². The molecule has 1 fully saturated rings. The third kappa shape index (κ3) is 2.60. The number of anilines is 1. The number of ether oxygens (including phenoxy) is 1. The molecule has 1 aliphatic rings. The average molecular weight is 374 g/mol. The fourth-order valence-electron chi connectivity index (χ4n) is 2.69. The van der Waals surface area contributed by atoms with Gasteiger partial charge in [-0.05, 0) is 28.8 Å². The predicted octanol–water partition coefficient (Wildman–Crippen LogP) is 2.53. The second-order valence-electron chi connectivity index (χ2n) is 4.95. The van der Waals surface area contributed by atoms with Gasteiger partial charge in [-0.15, -0.1) is 0 Å². The molecule has 8 heteroatoms. The summed E-state index contributed by atoms with van der Waals surface area (Å²) in [5.74, 6) is 0.473. The van der Waals surface area contributed by atoms with Crippen molar-refractivity contribution in [3.63, 3.8) is 0 Å². The lowest BCUT2D eigenvalue weighted by Crippen LogP contribution is -2.40. The van der Waals surface area contributed by atoms with Crippen molar-refractivity contribution in [1.29, 1.82) is 0 Å². The van der Waals surface area contributed by atoms with Crippen LogP contribution in [0.1, 0.15) is 12.8 Å². The first-order valence-electron chi connectivity index (χ1n) is 6.62. The smallest absolute Gasteiger partial charge is 0.310 e. The lowest BCUT2D eigenvalue weighted by atomic mass is 9.98. The summed E-state index contributed by atoms with van der Waals surface area (Å²) in [4.78, 5) is 22.4. The Hall–Kier alpha value is -1.34. The number of aromatic nitrogens is 3. The van der Waals surface area contributed by atoms with Gasteiger partial charge in [0.2, 0.25) is 5.95 Å². The Morgan fingerprint density at radius 2 is 2.38 bits per heavy atom.